The molecule has 0 N–H and O–H groups in total. The van der Waals surface area contributed by atoms with Crippen LogP contribution in [0.1, 0.15) is 11.7 Å². The molecule has 2 nitrogen and oxygen atoms in total. The number of fused-ring (bicyclic) bond motifs is 1. The summed E-state index contributed by atoms with van der Waals surface area (Å²) < 4.78 is 10.9. The average molecular weight is 282 g/mol. The quantitative estimate of drug-likeness (QED) is 0.652. The van der Waals surface area contributed by atoms with Crippen molar-refractivity contribution in [1.29, 1.82) is 0 Å². The number of methoxy groups -OCH3 is 1. The lowest BCUT2D eigenvalue weighted by Gasteiger charge is -2.10. The SMILES string of the molecule is COc1ccc(-c2sccc2C2CO2)c2ccccc12. The highest BCUT2D eigenvalue weighted by Gasteiger charge is 2.29. The molecule has 0 aliphatic carbocycles. The zero-order valence-corrected chi connectivity index (χ0v) is 11.9. The molecule has 1 atom stereocenters. The van der Waals surface area contributed by atoms with E-state index >= 15 is 0 Å². The first-order valence-electron chi connectivity index (χ1n) is 6.63. The zero-order valence-electron chi connectivity index (χ0n) is 11.1. The standard InChI is InChI=1S/C17H14O2S/c1-18-15-7-6-13(11-4-2-3-5-12(11)15)17-14(8-9-20-17)16-10-19-16/h2-9,16H,10H2,1H3. The van der Waals surface area contributed by atoms with Gasteiger partial charge in [-0.2, -0.15) is 0 Å². The molecule has 0 saturated carbocycles. The molecule has 4 rings (SSSR count). The van der Waals surface area contributed by atoms with E-state index in [-0.39, 0.29) is 6.10 Å². The van der Waals surface area contributed by atoms with Gasteiger partial charge in [-0.05, 0) is 29.0 Å². The highest BCUT2D eigenvalue weighted by Crippen LogP contribution is 2.43. The van der Waals surface area contributed by atoms with E-state index in [0.717, 1.165) is 17.7 Å². The van der Waals surface area contributed by atoms with Crippen LogP contribution in [-0.4, -0.2) is 13.7 Å². The molecule has 1 unspecified atom stereocenters. The highest BCUT2D eigenvalue weighted by molar-refractivity contribution is 7.13. The fourth-order valence-electron chi connectivity index (χ4n) is 2.67. The van der Waals surface area contributed by atoms with Crippen LogP contribution in [-0.2, 0) is 4.74 Å². The van der Waals surface area contributed by atoms with Crippen LogP contribution < -0.4 is 4.74 Å². The zero-order chi connectivity index (χ0) is 13.5. The molecule has 20 heavy (non-hydrogen) atoms. The predicted octanol–water partition coefficient (Wildman–Crippen LogP) is 4.65. The van der Waals surface area contributed by atoms with Crippen LogP contribution in [0.4, 0.5) is 0 Å². The van der Waals surface area contributed by atoms with Crippen molar-refractivity contribution in [2.24, 2.45) is 0 Å². The number of benzene rings is 2. The van der Waals surface area contributed by atoms with Gasteiger partial charge in [0.1, 0.15) is 11.9 Å². The molecule has 3 heteroatoms. The molecule has 2 heterocycles. The van der Waals surface area contributed by atoms with Crippen LogP contribution in [0, 0.1) is 0 Å². The van der Waals surface area contributed by atoms with Crippen LogP contribution in [0.3, 0.4) is 0 Å². The minimum Gasteiger partial charge on any atom is -0.496 e. The number of epoxide rings is 1. The van der Waals surface area contributed by atoms with Crippen LogP contribution in [0.25, 0.3) is 21.2 Å². The molecule has 0 radical (unpaired) electrons. The van der Waals surface area contributed by atoms with Gasteiger partial charge in [0.25, 0.3) is 0 Å². The van der Waals surface area contributed by atoms with Gasteiger partial charge in [0.2, 0.25) is 0 Å². The highest BCUT2D eigenvalue weighted by atomic mass is 32.1. The maximum Gasteiger partial charge on any atom is 0.126 e. The Balaban J connectivity index is 1.98. The van der Waals surface area contributed by atoms with Gasteiger partial charge in [0, 0.05) is 21.4 Å². The molecule has 1 saturated heterocycles. The summed E-state index contributed by atoms with van der Waals surface area (Å²) in [5, 5.41) is 4.53. The van der Waals surface area contributed by atoms with Crippen LogP contribution in [0.5, 0.6) is 5.75 Å². The van der Waals surface area contributed by atoms with Crippen molar-refractivity contribution < 1.29 is 9.47 Å². The summed E-state index contributed by atoms with van der Waals surface area (Å²) in [7, 11) is 1.72. The molecule has 0 amide bonds. The number of rotatable bonds is 3. The van der Waals surface area contributed by atoms with Gasteiger partial charge in [-0.15, -0.1) is 11.3 Å². The van der Waals surface area contributed by atoms with E-state index < -0.39 is 0 Å². The molecular weight excluding hydrogens is 268 g/mol. The Labute approximate surface area is 121 Å². The largest absolute Gasteiger partial charge is 0.496 e. The van der Waals surface area contributed by atoms with Crippen LogP contribution in [0.2, 0.25) is 0 Å². The summed E-state index contributed by atoms with van der Waals surface area (Å²) in [5.74, 6) is 0.921. The molecule has 1 aliphatic heterocycles. The molecule has 100 valence electrons. The van der Waals surface area contributed by atoms with Gasteiger partial charge in [-0.3, -0.25) is 0 Å². The first-order valence-corrected chi connectivity index (χ1v) is 7.51. The molecule has 0 spiro atoms. The topological polar surface area (TPSA) is 21.8 Å². The Bertz CT molecular complexity index is 772. The average Bonchev–Trinajstić information content (AvgIpc) is 3.24. The summed E-state index contributed by atoms with van der Waals surface area (Å²) in [6.07, 6.45) is 0.289. The predicted molar refractivity (Wildman–Crippen MR) is 82.5 cm³/mol. The van der Waals surface area contributed by atoms with Gasteiger partial charge in [-0.1, -0.05) is 24.3 Å². The summed E-state index contributed by atoms with van der Waals surface area (Å²) in [6, 6.07) is 14.8. The van der Waals surface area contributed by atoms with Crippen molar-refractivity contribution in [1.82, 2.24) is 0 Å². The van der Waals surface area contributed by atoms with Crippen molar-refractivity contribution in [3.05, 3.63) is 53.4 Å². The summed E-state index contributed by atoms with van der Waals surface area (Å²) in [4.78, 5) is 1.31. The fraction of sp³-hybridized carbons (Fsp3) is 0.176. The van der Waals surface area contributed by atoms with Gasteiger partial charge >= 0.3 is 0 Å². The van der Waals surface area contributed by atoms with Gasteiger partial charge < -0.3 is 9.47 Å². The van der Waals surface area contributed by atoms with Crippen molar-refractivity contribution in [2.75, 3.05) is 13.7 Å². The Kier molecular flexibility index (Phi) is 2.76. The second kappa shape index (κ2) is 4.62. The van der Waals surface area contributed by atoms with Crippen molar-refractivity contribution in [3.8, 4) is 16.2 Å². The monoisotopic (exact) mass is 282 g/mol. The second-order valence-electron chi connectivity index (χ2n) is 4.89. The third-order valence-corrected chi connectivity index (χ3v) is 4.69. The summed E-state index contributed by atoms with van der Waals surface area (Å²) in [6.45, 7) is 0.845. The Hall–Kier alpha value is -1.84. The minimum absolute atomic E-state index is 0.289. The molecule has 3 aromatic rings. The Morgan fingerprint density at radius 1 is 1.10 bits per heavy atom. The second-order valence-corrected chi connectivity index (χ2v) is 5.80. The Morgan fingerprint density at radius 3 is 2.65 bits per heavy atom. The van der Waals surface area contributed by atoms with Gasteiger partial charge in [-0.25, -0.2) is 0 Å². The smallest absolute Gasteiger partial charge is 0.126 e. The summed E-state index contributed by atoms with van der Waals surface area (Å²) in [5.41, 5.74) is 2.58. The molecule has 2 aromatic carbocycles. The molecular formula is C17H14O2S. The van der Waals surface area contributed by atoms with E-state index in [4.69, 9.17) is 9.47 Å². The number of thiophene rings is 1. The van der Waals surface area contributed by atoms with Gasteiger partial charge in [0.15, 0.2) is 0 Å². The normalized spacial score (nSPS) is 17.4. The lowest BCUT2D eigenvalue weighted by Crippen LogP contribution is -1.88. The van der Waals surface area contributed by atoms with E-state index in [0.29, 0.717) is 0 Å². The first kappa shape index (κ1) is 11.9. The molecule has 0 bridgehead atoms. The number of ether oxygens (including phenoxy) is 2. The fourth-order valence-corrected chi connectivity index (χ4v) is 3.66. The van der Waals surface area contributed by atoms with E-state index in [2.05, 4.69) is 41.8 Å². The van der Waals surface area contributed by atoms with Gasteiger partial charge in [0.05, 0.1) is 13.7 Å². The molecule has 1 fully saturated rings. The number of hydrogen-bond donors (Lipinski definition) is 0. The Morgan fingerprint density at radius 2 is 1.90 bits per heavy atom. The van der Waals surface area contributed by atoms with Crippen molar-refractivity contribution in [3.63, 3.8) is 0 Å². The maximum atomic E-state index is 5.47. The summed E-state index contributed by atoms with van der Waals surface area (Å²) >= 11 is 1.78. The van der Waals surface area contributed by atoms with E-state index in [1.165, 1.54) is 21.4 Å². The van der Waals surface area contributed by atoms with Crippen LogP contribution >= 0.6 is 11.3 Å². The minimum atomic E-state index is 0.289. The maximum absolute atomic E-state index is 5.47. The molecule has 1 aliphatic rings. The number of hydrogen-bond acceptors (Lipinski definition) is 3. The van der Waals surface area contributed by atoms with E-state index in [1.54, 1.807) is 18.4 Å². The molecule has 1 aromatic heterocycles. The van der Waals surface area contributed by atoms with E-state index in [1.807, 2.05) is 6.07 Å². The van der Waals surface area contributed by atoms with Crippen molar-refractivity contribution >= 4 is 22.1 Å². The van der Waals surface area contributed by atoms with E-state index in [9.17, 15) is 0 Å². The van der Waals surface area contributed by atoms with Crippen molar-refractivity contribution in [2.45, 2.75) is 6.10 Å². The van der Waals surface area contributed by atoms with Crippen LogP contribution in [0.15, 0.2) is 47.8 Å². The lowest BCUT2D eigenvalue weighted by molar-refractivity contribution is 0.416. The first-order chi connectivity index (χ1) is 9.88. The third-order valence-electron chi connectivity index (χ3n) is 3.72. The lowest BCUT2D eigenvalue weighted by atomic mass is 10.00. The third kappa shape index (κ3) is 1.82.